The van der Waals surface area contributed by atoms with Crippen LogP contribution in [0.25, 0.3) is 0 Å². The Morgan fingerprint density at radius 2 is 1.88 bits per heavy atom. The first-order valence-corrected chi connectivity index (χ1v) is 9.01. The van der Waals surface area contributed by atoms with Gasteiger partial charge in [0.25, 0.3) is 15.8 Å². The summed E-state index contributed by atoms with van der Waals surface area (Å²) in [4.78, 5) is 22.4. The zero-order valence-corrected chi connectivity index (χ0v) is 14.9. The van der Waals surface area contributed by atoms with E-state index in [1.807, 2.05) is 20.8 Å². The fraction of sp³-hybridized carbons (Fsp3) is 0.533. The molecule has 2 rings (SSSR count). The summed E-state index contributed by atoms with van der Waals surface area (Å²) in [6, 6.07) is 3.73. The van der Waals surface area contributed by atoms with Gasteiger partial charge >= 0.3 is 6.09 Å². The molecule has 0 aromatic heterocycles. The van der Waals surface area contributed by atoms with Crippen LogP contribution in [0.15, 0.2) is 29.2 Å². The van der Waals surface area contributed by atoms with Crippen LogP contribution in [0, 0.1) is 15.5 Å². The van der Waals surface area contributed by atoms with Gasteiger partial charge in [-0.15, -0.1) is 0 Å². The second kappa shape index (κ2) is 6.60. The van der Waals surface area contributed by atoms with E-state index >= 15 is 0 Å². The van der Waals surface area contributed by atoms with Gasteiger partial charge < -0.3 is 10.0 Å². The molecule has 1 unspecified atom stereocenters. The van der Waals surface area contributed by atoms with Crippen LogP contribution in [0.3, 0.4) is 0 Å². The van der Waals surface area contributed by atoms with Crippen molar-refractivity contribution in [2.45, 2.75) is 44.2 Å². The predicted molar refractivity (Wildman–Crippen MR) is 87.7 cm³/mol. The largest absolute Gasteiger partial charge is 0.465 e. The molecule has 0 spiro atoms. The fourth-order valence-corrected chi connectivity index (χ4v) is 4.16. The summed E-state index contributed by atoms with van der Waals surface area (Å²) in [7, 11) is -4.17. The number of carbonyl (C=O) groups is 1. The minimum atomic E-state index is -4.17. The number of nitrogens with zero attached hydrogens (tertiary/aromatic N) is 2. The molecule has 2 atom stereocenters. The van der Waals surface area contributed by atoms with Crippen LogP contribution < -0.4 is 0 Å². The third-order valence-corrected chi connectivity index (χ3v) is 5.41. The number of non-ortho nitro benzene ring substituents is 1. The topological polar surface area (TPSA) is 127 Å². The van der Waals surface area contributed by atoms with Gasteiger partial charge in [-0.25, -0.2) is 4.79 Å². The van der Waals surface area contributed by atoms with Gasteiger partial charge in [-0.1, -0.05) is 20.8 Å². The van der Waals surface area contributed by atoms with Gasteiger partial charge in [-0.3, -0.25) is 14.3 Å². The molecule has 0 bridgehead atoms. The Morgan fingerprint density at radius 3 is 2.32 bits per heavy atom. The summed E-state index contributed by atoms with van der Waals surface area (Å²) in [5, 5.41) is 20.0. The minimum absolute atomic E-state index is 0.178. The third-order valence-electron chi connectivity index (χ3n) is 4.06. The summed E-state index contributed by atoms with van der Waals surface area (Å²) < 4.78 is 30.2. The molecule has 1 amide bonds. The van der Waals surface area contributed by atoms with Gasteiger partial charge in [0, 0.05) is 18.7 Å². The number of likely N-dealkylation sites (tertiary alicyclic amines) is 1. The maximum Gasteiger partial charge on any atom is 0.407 e. The first-order chi connectivity index (χ1) is 11.4. The normalized spacial score (nSPS) is 21.3. The lowest BCUT2D eigenvalue weighted by Gasteiger charge is -2.36. The molecule has 1 N–H and O–H groups in total. The van der Waals surface area contributed by atoms with Gasteiger partial charge in [0.1, 0.15) is 6.10 Å². The van der Waals surface area contributed by atoms with Crippen molar-refractivity contribution in [3.63, 3.8) is 0 Å². The lowest BCUT2D eigenvalue weighted by molar-refractivity contribution is -0.384. The van der Waals surface area contributed by atoms with Crippen molar-refractivity contribution in [2.75, 3.05) is 6.54 Å². The van der Waals surface area contributed by atoms with E-state index in [9.17, 15) is 28.4 Å². The van der Waals surface area contributed by atoms with Crippen LogP contribution >= 0.6 is 0 Å². The Kier molecular flexibility index (Phi) is 5.05. The molecule has 1 aromatic rings. The van der Waals surface area contributed by atoms with Gasteiger partial charge in [-0.05, 0) is 24.0 Å². The van der Waals surface area contributed by atoms with Gasteiger partial charge in [0.2, 0.25) is 0 Å². The number of amides is 1. The number of nitro groups is 1. The Labute approximate surface area is 145 Å². The van der Waals surface area contributed by atoms with Crippen molar-refractivity contribution >= 4 is 21.9 Å². The lowest BCUT2D eigenvalue weighted by atomic mass is 9.84. The smallest absolute Gasteiger partial charge is 0.407 e. The van der Waals surface area contributed by atoms with Crippen molar-refractivity contribution < 1.29 is 27.4 Å². The summed E-state index contributed by atoms with van der Waals surface area (Å²) in [5.74, 6) is 0. The van der Waals surface area contributed by atoms with Crippen molar-refractivity contribution in [3.8, 4) is 0 Å². The molecule has 1 aromatic carbocycles. The predicted octanol–water partition coefficient (Wildman–Crippen LogP) is 2.47. The molecule has 1 fully saturated rings. The van der Waals surface area contributed by atoms with Crippen LogP contribution in [0.5, 0.6) is 0 Å². The van der Waals surface area contributed by atoms with Crippen molar-refractivity contribution in [1.29, 1.82) is 0 Å². The highest BCUT2D eigenvalue weighted by Gasteiger charge is 2.46. The Bertz CT molecular complexity index is 768. The van der Waals surface area contributed by atoms with Crippen LogP contribution in [-0.2, 0) is 14.3 Å². The molecule has 9 nitrogen and oxygen atoms in total. The molecule has 0 aliphatic carbocycles. The third kappa shape index (κ3) is 4.07. The van der Waals surface area contributed by atoms with Crippen LogP contribution in [0.1, 0.15) is 27.2 Å². The van der Waals surface area contributed by atoms with E-state index in [2.05, 4.69) is 0 Å². The van der Waals surface area contributed by atoms with E-state index in [1.165, 1.54) is 4.90 Å². The van der Waals surface area contributed by atoms with Gasteiger partial charge in [-0.2, -0.15) is 8.42 Å². The quantitative estimate of drug-likeness (QED) is 0.488. The van der Waals surface area contributed by atoms with Crippen molar-refractivity contribution in [2.24, 2.45) is 5.41 Å². The number of hydrogen-bond donors (Lipinski definition) is 1. The average Bonchev–Trinajstić information content (AvgIpc) is 2.90. The number of nitro benzene ring substituents is 1. The molecule has 0 saturated carbocycles. The highest BCUT2D eigenvalue weighted by molar-refractivity contribution is 7.86. The van der Waals surface area contributed by atoms with E-state index in [0.717, 1.165) is 24.3 Å². The van der Waals surface area contributed by atoms with E-state index in [1.54, 1.807) is 0 Å². The second-order valence-electron chi connectivity index (χ2n) is 6.92. The minimum Gasteiger partial charge on any atom is -0.465 e. The first-order valence-electron chi connectivity index (χ1n) is 7.61. The summed E-state index contributed by atoms with van der Waals surface area (Å²) >= 11 is 0. The zero-order valence-electron chi connectivity index (χ0n) is 14.1. The highest BCUT2D eigenvalue weighted by Crippen LogP contribution is 2.36. The molecule has 10 heteroatoms. The fourth-order valence-electron chi connectivity index (χ4n) is 3.06. The van der Waals surface area contributed by atoms with Crippen molar-refractivity contribution in [1.82, 2.24) is 4.90 Å². The van der Waals surface area contributed by atoms with Crippen LogP contribution in [0.4, 0.5) is 10.5 Å². The SMILES string of the molecule is CC(C)(C)C1[C@@H](OS(=O)(=O)c2ccc([N+](=O)[O-])cc2)CCN1C(=O)O. The Hall–Kier alpha value is -2.20. The highest BCUT2D eigenvalue weighted by atomic mass is 32.2. The number of carboxylic acid groups (broad SMARTS) is 1. The van der Waals surface area contributed by atoms with E-state index in [4.69, 9.17) is 4.18 Å². The van der Waals surface area contributed by atoms with Crippen LogP contribution in [0.2, 0.25) is 0 Å². The molecule has 1 heterocycles. The monoisotopic (exact) mass is 372 g/mol. The Balaban J connectivity index is 2.27. The number of benzene rings is 1. The van der Waals surface area contributed by atoms with Crippen molar-refractivity contribution in [3.05, 3.63) is 34.4 Å². The average molecular weight is 372 g/mol. The van der Waals surface area contributed by atoms with Crippen LogP contribution in [-0.4, -0.2) is 48.1 Å². The Morgan fingerprint density at radius 1 is 1.32 bits per heavy atom. The molecule has 0 radical (unpaired) electrons. The second-order valence-corrected chi connectivity index (χ2v) is 8.49. The zero-order chi connectivity index (χ0) is 19.0. The molecule has 25 heavy (non-hydrogen) atoms. The molecule has 138 valence electrons. The maximum atomic E-state index is 12.5. The van der Waals surface area contributed by atoms with Gasteiger partial charge in [0.15, 0.2) is 0 Å². The van der Waals surface area contributed by atoms with E-state index in [-0.39, 0.29) is 23.5 Å². The molecule has 1 aliphatic heterocycles. The van der Waals surface area contributed by atoms with E-state index in [0.29, 0.717) is 0 Å². The molecule has 1 aliphatic rings. The summed E-state index contributed by atoms with van der Waals surface area (Å²) in [5.41, 5.74) is -0.755. The molecular formula is C15H20N2O7S. The standard InChI is InChI=1S/C15H20N2O7S/c1-15(2,3)13-12(8-9-16(13)14(18)19)24-25(22,23)11-6-4-10(5-7-11)17(20)21/h4-7,12-13H,8-9H2,1-3H3,(H,18,19)/t12-,13?/m0/s1. The first kappa shape index (κ1) is 19.1. The lowest BCUT2D eigenvalue weighted by Crippen LogP contribution is -2.48. The maximum absolute atomic E-state index is 12.5. The number of hydrogen-bond acceptors (Lipinski definition) is 6. The van der Waals surface area contributed by atoms with E-state index < -0.39 is 38.7 Å². The number of rotatable bonds is 4. The summed E-state index contributed by atoms with van der Waals surface area (Å²) in [6.45, 7) is 5.62. The summed E-state index contributed by atoms with van der Waals surface area (Å²) in [6.07, 6.45) is -1.70. The van der Waals surface area contributed by atoms with Gasteiger partial charge in [0.05, 0.1) is 15.9 Å². The molecule has 1 saturated heterocycles. The molecular weight excluding hydrogens is 352 g/mol.